The van der Waals surface area contributed by atoms with Gasteiger partial charge in [-0.05, 0) is 55.9 Å². The number of Topliss-reactive ketones (excluding diaryl/α,β-unsaturated/α-hetero) is 1. The first-order valence-corrected chi connectivity index (χ1v) is 8.14. The zero-order valence-electron chi connectivity index (χ0n) is 12.2. The molecule has 0 N–H and O–H groups in total. The lowest BCUT2D eigenvalue weighted by atomic mass is 9.70. The van der Waals surface area contributed by atoms with Gasteiger partial charge in [0, 0.05) is 28.2 Å². The molecular formula is C17H17BrN2O. The number of halogens is 1. The molecule has 1 heterocycles. The molecule has 1 aromatic carbocycles. The highest BCUT2D eigenvalue weighted by Gasteiger charge is 2.48. The van der Waals surface area contributed by atoms with Crippen LogP contribution in [0.1, 0.15) is 39.3 Å². The number of nitrogens with zero attached hydrogens (tertiary/aromatic N) is 2. The van der Waals surface area contributed by atoms with Crippen LogP contribution in [0.25, 0.3) is 0 Å². The third-order valence-electron chi connectivity index (χ3n) is 5.16. The summed E-state index contributed by atoms with van der Waals surface area (Å²) in [6.07, 6.45) is 3.60. The molecule has 4 heteroatoms. The van der Waals surface area contributed by atoms with Crippen molar-refractivity contribution in [2.45, 2.75) is 32.6 Å². The van der Waals surface area contributed by atoms with Gasteiger partial charge in [0.1, 0.15) is 0 Å². The van der Waals surface area contributed by atoms with E-state index in [1.165, 1.54) is 16.8 Å². The van der Waals surface area contributed by atoms with Gasteiger partial charge in [0.05, 0.1) is 5.69 Å². The van der Waals surface area contributed by atoms with Gasteiger partial charge in [-0.3, -0.25) is 9.48 Å². The molecule has 1 aromatic heterocycles. The lowest BCUT2D eigenvalue weighted by molar-refractivity contribution is 0.0793. The number of rotatable bonds is 0. The highest BCUT2D eigenvalue weighted by atomic mass is 79.9. The Kier molecular flexibility index (Phi) is 2.71. The summed E-state index contributed by atoms with van der Waals surface area (Å²) in [6, 6.07) is 6.12. The quantitative estimate of drug-likeness (QED) is 0.734. The summed E-state index contributed by atoms with van der Waals surface area (Å²) in [4.78, 5) is 13.0. The van der Waals surface area contributed by atoms with Crippen LogP contribution in [0.4, 0.5) is 0 Å². The maximum Gasteiger partial charge on any atom is 0.169 e. The van der Waals surface area contributed by atoms with E-state index in [9.17, 15) is 4.79 Å². The van der Waals surface area contributed by atoms with Crippen LogP contribution >= 0.6 is 15.9 Å². The molecule has 2 aromatic rings. The Morgan fingerprint density at radius 3 is 2.95 bits per heavy atom. The predicted molar refractivity (Wildman–Crippen MR) is 84.6 cm³/mol. The van der Waals surface area contributed by atoms with Crippen molar-refractivity contribution in [3.05, 3.63) is 50.8 Å². The normalized spacial score (nSPS) is 23.5. The number of carbonyl (C=O) groups excluding carboxylic acids is 1. The van der Waals surface area contributed by atoms with E-state index >= 15 is 0 Å². The molecule has 2 aliphatic carbocycles. The highest BCUT2D eigenvalue weighted by Crippen LogP contribution is 2.47. The van der Waals surface area contributed by atoms with E-state index in [4.69, 9.17) is 0 Å². The first-order valence-electron chi connectivity index (χ1n) is 7.35. The predicted octanol–water partition coefficient (Wildman–Crippen LogP) is 3.41. The number of fused-ring (bicyclic) bond motifs is 2. The molecule has 2 aliphatic rings. The van der Waals surface area contributed by atoms with Crippen molar-refractivity contribution in [3.63, 3.8) is 0 Å². The summed E-state index contributed by atoms with van der Waals surface area (Å²) in [6.45, 7) is 2.06. The largest absolute Gasteiger partial charge is 0.294 e. The molecule has 0 saturated carbocycles. The minimum Gasteiger partial charge on any atom is -0.294 e. The number of aryl methyl sites for hydroxylation is 2. The Morgan fingerprint density at radius 2 is 2.14 bits per heavy atom. The van der Waals surface area contributed by atoms with Crippen LogP contribution in [0.2, 0.25) is 0 Å². The van der Waals surface area contributed by atoms with Crippen molar-refractivity contribution >= 4 is 21.7 Å². The van der Waals surface area contributed by atoms with Crippen molar-refractivity contribution in [3.8, 4) is 0 Å². The van der Waals surface area contributed by atoms with Gasteiger partial charge in [0.25, 0.3) is 0 Å². The zero-order chi connectivity index (χ0) is 14.8. The second-order valence-electron chi connectivity index (χ2n) is 6.40. The summed E-state index contributed by atoms with van der Waals surface area (Å²) in [7, 11) is 2.01. The van der Waals surface area contributed by atoms with Gasteiger partial charge >= 0.3 is 0 Å². The summed E-state index contributed by atoms with van der Waals surface area (Å²) in [5, 5.41) is 4.53. The summed E-state index contributed by atoms with van der Waals surface area (Å²) < 4.78 is 2.97. The fourth-order valence-corrected chi connectivity index (χ4v) is 4.43. The van der Waals surface area contributed by atoms with E-state index in [-0.39, 0.29) is 5.41 Å². The first-order chi connectivity index (χ1) is 10.00. The van der Waals surface area contributed by atoms with Gasteiger partial charge in [-0.25, -0.2) is 0 Å². The van der Waals surface area contributed by atoms with Crippen molar-refractivity contribution < 1.29 is 4.79 Å². The van der Waals surface area contributed by atoms with Crippen LogP contribution < -0.4 is 0 Å². The van der Waals surface area contributed by atoms with Gasteiger partial charge in [-0.2, -0.15) is 5.10 Å². The molecule has 3 nitrogen and oxygen atoms in total. The van der Waals surface area contributed by atoms with Gasteiger partial charge in [0.2, 0.25) is 0 Å². The number of ketones is 1. The van der Waals surface area contributed by atoms with E-state index in [0.717, 1.165) is 41.4 Å². The zero-order valence-corrected chi connectivity index (χ0v) is 13.8. The maximum absolute atomic E-state index is 13.0. The van der Waals surface area contributed by atoms with Crippen molar-refractivity contribution in [1.29, 1.82) is 0 Å². The van der Waals surface area contributed by atoms with Crippen molar-refractivity contribution in [2.24, 2.45) is 12.5 Å². The second-order valence-corrected chi connectivity index (χ2v) is 7.31. The fraction of sp³-hybridized carbons (Fsp3) is 0.412. The summed E-state index contributed by atoms with van der Waals surface area (Å²) >= 11 is 3.48. The number of hydrogen-bond donors (Lipinski definition) is 0. The van der Waals surface area contributed by atoms with Crippen LogP contribution in [-0.2, 0) is 26.3 Å². The van der Waals surface area contributed by atoms with Crippen LogP contribution in [0.3, 0.4) is 0 Å². The van der Waals surface area contributed by atoms with Gasteiger partial charge in [-0.15, -0.1) is 0 Å². The SMILES string of the molecule is Cc1nn(C)c2c1CC1(CC2)Cc2ccc(Br)cc2C1=O. The monoisotopic (exact) mass is 344 g/mol. The Labute approximate surface area is 132 Å². The van der Waals surface area contributed by atoms with E-state index < -0.39 is 0 Å². The first kappa shape index (κ1) is 13.3. The average molecular weight is 345 g/mol. The Morgan fingerprint density at radius 1 is 1.33 bits per heavy atom. The summed E-state index contributed by atoms with van der Waals surface area (Å²) in [5.41, 5.74) is 5.57. The molecule has 1 atom stereocenters. The Balaban J connectivity index is 1.79. The lowest BCUT2D eigenvalue weighted by Gasteiger charge is -2.32. The van der Waals surface area contributed by atoms with Crippen LogP contribution in [0.5, 0.6) is 0 Å². The Bertz CT molecular complexity index is 777. The van der Waals surface area contributed by atoms with E-state index in [2.05, 4.69) is 34.0 Å². The van der Waals surface area contributed by atoms with E-state index in [1.54, 1.807) is 0 Å². The summed E-state index contributed by atoms with van der Waals surface area (Å²) in [5.74, 6) is 0.327. The topological polar surface area (TPSA) is 34.9 Å². The Hall–Kier alpha value is -1.42. The average Bonchev–Trinajstić information content (AvgIpc) is 2.88. The number of benzene rings is 1. The van der Waals surface area contributed by atoms with Gasteiger partial charge in [-0.1, -0.05) is 22.0 Å². The van der Waals surface area contributed by atoms with Crippen LogP contribution in [0, 0.1) is 12.3 Å². The molecule has 21 heavy (non-hydrogen) atoms. The number of carbonyl (C=O) groups is 1. The standard InChI is InChI=1S/C17H17BrN2O/c1-10-14-9-17(6-5-15(14)20(2)19-10)8-11-3-4-12(18)7-13(11)16(17)21/h3-4,7H,5-6,8-9H2,1-2H3. The number of hydrogen-bond acceptors (Lipinski definition) is 2. The molecule has 0 aliphatic heterocycles. The van der Waals surface area contributed by atoms with Crippen molar-refractivity contribution in [1.82, 2.24) is 9.78 Å². The number of aromatic nitrogens is 2. The third-order valence-corrected chi connectivity index (χ3v) is 5.65. The minimum absolute atomic E-state index is 0.232. The molecular weight excluding hydrogens is 328 g/mol. The van der Waals surface area contributed by atoms with E-state index in [1.807, 2.05) is 23.9 Å². The molecule has 108 valence electrons. The lowest BCUT2D eigenvalue weighted by Crippen LogP contribution is -2.35. The third kappa shape index (κ3) is 1.78. The highest BCUT2D eigenvalue weighted by molar-refractivity contribution is 9.10. The minimum atomic E-state index is -0.232. The van der Waals surface area contributed by atoms with Crippen LogP contribution in [0.15, 0.2) is 22.7 Å². The smallest absolute Gasteiger partial charge is 0.169 e. The molecule has 4 rings (SSSR count). The molecule has 0 saturated heterocycles. The maximum atomic E-state index is 13.0. The molecule has 1 unspecified atom stereocenters. The molecule has 0 fully saturated rings. The molecule has 0 bridgehead atoms. The molecule has 0 radical (unpaired) electrons. The van der Waals surface area contributed by atoms with Crippen LogP contribution in [-0.4, -0.2) is 15.6 Å². The fourth-order valence-electron chi connectivity index (χ4n) is 4.07. The van der Waals surface area contributed by atoms with Gasteiger partial charge in [0.15, 0.2) is 5.78 Å². The second kappa shape index (κ2) is 4.29. The molecule has 1 spiro atoms. The molecule has 0 amide bonds. The van der Waals surface area contributed by atoms with Gasteiger partial charge < -0.3 is 0 Å². The van der Waals surface area contributed by atoms with E-state index in [0.29, 0.717) is 5.78 Å². The van der Waals surface area contributed by atoms with Crippen molar-refractivity contribution in [2.75, 3.05) is 0 Å².